The van der Waals surface area contributed by atoms with Gasteiger partial charge in [0.2, 0.25) is 0 Å². The van der Waals surface area contributed by atoms with Gasteiger partial charge < -0.3 is 14.6 Å². The van der Waals surface area contributed by atoms with E-state index in [9.17, 15) is 23.2 Å². The lowest BCUT2D eigenvalue weighted by Crippen LogP contribution is -2.57. The molecule has 8 heteroatoms. The lowest BCUT2D eigenvalue weighted by Gasteiger charge is -2.40. The molecule has 0 bridgehead atoms. The van der Waals surface area contributed by atoms with Gasteiger partial charge in [0, 0.05) is 0 Å². The Balaban J connectivity index is 2.38. The number of benzene rings is 1. The summed E-state index contributed by atoms with van der Waals surface area (Å²) in [5.74, 6) is -8.57. The fourth-order valence-corrected chi connectivity index (χ4v) is 3.20. The van der Waals surface area contributed by atoms with Crippen LogP contribution in [0.3, 0.4) is 0 Å². The van der Waals surface area contributed by atoms with Gasteiger partial charge in [-0.1, -0.05) is 18.6 Å². The van der Waals surface area contributed by atoms with Crippen LogP contribution in [0.5, 0.6) is 0 Å². The number of rotatable bonds is 5. The molecule has 0 saturated heterocycles. The Morgan fingerprint density at radius 2 is 1.46 bits per heavy atom. The summed E-state index contributed by atoms with van der Waals surface area (Å²) in [7, 11) is 0. The van der Waals surface area contributed by atoms with Gasteiger partial charge in [0.15, 0.2) is 5.60 Å². The Bertz CT molecular complexity index is 760. The van der Waals surface area contributed by atoms with Crippen LogP contribution in [0.15, 0.2) is 24.3 Å². The number of hydrogen-bond acceptors (Lipinski definition) is 5. The number of halogens is 2. The summed E-state index contributed by atoms with van der Waals surface area (Å²) in [6, 6.07) is 5.54. The lowest BCUT2D eigenvalue weighted by molar-refractivity contribution is -0.215. The SMILES string of the molecule is CC(C)(C)OC(=O)c1ccccc1C(=O)OC1(C(F)(F)C(=O)O)CCCCC1. The van der Waals surface area contributed by atoms with Crippen molar-refractivity contribution in [1.29, 1.82) is 0 Å². The van der Waals surface area contributed by atoms with Crippen LogP contribution in [0.1, 0.15) is 73.6 Å². The van der Waals surface area contributed by atoms with Crippen molar-refractivity contribution in [3.05, 3.63) is 35.4 Å². The van der Waals surface area contributed by atoms with E-state index in [0.29, 0.717) is 19.3 Å². The fraction of sp³-hybridized carbons (Fsp3) is 0.550. The molecule has 1 aliphatic rings. The second-order valence-electron chi connectivity index (χ2n) is 7.87. The summed E-state index contributed by atoms with van der Waals surface area (Å²) in [6.45, 7) is 4.95. The van der Waals surface area contributed by atoms with Gasteiger partial charge in [0.1, 0.15) is 5.60 Å². The largest absolute Gasteiger partial charge is 0.477 e. The summed E-state index contributed by atoms with van der Waals surface area (Å²) < 4.78 is 39.3. The number of aliphatic carboxylic acids is 1. The Hall–Kier alpha value is -2.51. The molecule has 1 aromatic rings. The minimum Gasteiger partial charge on any atom is -0.477 e. The quantitative estimate of drug-likeness (QED) is 0.747. The Morgan fingerprint density at radius 1 is 0.964 bits per heavy atom. The van der Waals surface area contributed by atoms with E-state index in [4.69, 9.17) is 14.6 Å². The van der Waals surface area contributed by atoms with Crippen molar-refractivity contribution in [1.82, 2.24) is 0 Å². The number of carboxylic acid groups (broad SMARTS) is 1. The van der Waals surface area contributed by atoms with E-state index in [1.807, 2.05) is 0 Å². The maximum Gasteiger partial charge on any atom is 0.381 e. The average Bonchev–Trinajstić information content (AvgIpc) is 2.60. The molecule has 0 unspecified atom stereocenters. The molecule has 154 valence electrons. The highest BCUT2D eigenvalue weighted by Crippen LogP contribution is 2.44. The van der Waals surface area contributed by atoms with Gasteiger partial charge in [-0.05, 0) is 58.6 Å². The molecule has 2 rings (SSSR count). The number of carboxylic acids is 1. The van der Waals surface area contributed by atoms with Crippen LogP contribution in [0, 0.1) is 0 Å². The molecular weight excluding hydrogens is 374 g/mol. The van der Waals surface area contributed by atoms with E-state index in [-0.39, 0.29) is 24.0 Å². The maximum atomic E-state index is 14.5. The molecule has 0 spiro atoms. The van der Waals surface area contributed by atoms with Gasteiger partial charge >= 0.3 is 23.8 Å². The first-order valence-corrected chi connectivity index (χ1v) is 9.06. The van der Waals surface area contributed by atoms with Crippen LogP contribution in [-0.2, 0) is 14.3 Å². The van der Waals surface area contributed by atoms with Crippen LogP contribution < -0.4 is 0 Å². The predicted octanol–water partition coefficient (Wildman–Crippen LogP) is 4.22. The number of carbonyl (C=O) groups excluding carboxylic acids is 2. The summed E-state index contributed by atoms with van der Waals surface area (Å²) in [4.78, 5) is 36.3. The number of carbonyl (C=O) groups is 3. The average molecular weight is 398 g/mol. The minimum atomic E-state index is -4.25. The molecule has 28 heavy (non-hydrogen) atoms. The smallest absolute Gasteiger partial charge is 0.381 e. The van der Waals surface area contributed by atoms with Gasteiger partial charge in [-0.15, -0.1) is 0 Å². The van der Waals surface area contributed by atoms with Crippen LogP contribution in [-0.4, -0.2) is 40.1 Å². The first kappa shape index (κ1) is 21.8. The maximum absolute atomic E-state index is 14.5. The van der Waals surface area contributed by atoms with Gasteiger partial charge in [0.25, 0.3) is 0 Å². The molecule has 1 aliphatic carbocycles. The first-order chi connectivity index (χ1) is 12.9. The number of alkyl halides is 2. The molecule has 6 nitrogen and oxygen atoms in total. The second kappa shape index (κ2) is 7.85. The van der Waals surface area contributed by atoms with Gasteiger partial charge in [-0.2, -0.15) is 8.78 Å². The Labute approximate surface area is 161 Å². The third-order valence-corrected chi connectivity index (χ3v) is 4.56. The first-order valence-electron chi connectivity index (χ1n) is 9.06. The van der Waals surface area contributed by atoms with E-state index in [0.717, 1.165) is 0 Å². The van der Waals surface area contributed by atoms with Crippen molar-refractivity contribution < 1.29 is 37.7 Å². The highest BCUT2D eigenvalue weighted by molar-refractivity contribution is 6.03. The third kappa shape index (κ3) is 4.48. The standard InChI is InChI=1S/C20H24F2O6/c1-18(2,3)27-15(23)13-9-5-6-10-14(13)16(24)28-19(11-7-4-8-12-19)20(21,22)17(25)26/h5-6,9-10H,4,7-8,11-12H2,1-3H3,(H,25,26). The predicted molar refractivity (Wildman–Crippen MR) is 95.4 cm³/mol. The topological polar surface area (TPSA) is 89.9 Å². The van der Waals surface area contributed by atoms with E-state index >= 15 is 0 Å². The van der Waals surface area contributed by atoms with Crippen molar-refractivity contribution in [2.45, 2.75) is 70.0 Å². The number of ether oxygens (including phenoxy) is 2. The molecular formula is C20H24F2O6. The summed E-state index contributed by atoms with van der Waals surface area (Å²) in [5, 5.41) is 9.00. The molecule has 1 fully saturated rings. The molecule has 0 heterocycles. The summed E-state index contributed by atoms with van der Waals surface area (Å²) in [5.41, 5.74) is -3.65. The molecule has 0 atom stereocenters. The van der Waals surface area contributed by atoms with Crippen molar-refractivity contribution in [2.75, 3.05) is 0 Å². The number of hydrogen-bond donors (Lipinski definition) is 1. The van der Waals surface area contributed by atoms with Crippen LogP contribution in [0.2, 0.25) is 0 Å². The van der Waals surface area contributed by atoms with Crippen LogP contribution in [0.25, 0.3) is 0 Å². The number of esters is 2. The molecule has 0 aromatic heterocycles. The highest BCUT2D eigenvalue weighted by atomic mass is 19.3. The Morgan fingerprint density at radius 3 is 1.93 bits per heavy atom. The molecule has 1 aromatic carbocycles. The van der Waals surface area contributed by atoms with E-state index < -0.39 is 35.0 Å². The minimum absolute atomic E-state index is 0.132. The zero-order valence-corrected chi connectivity index (χ0v) is 16.1. The molecule has 0 amide bonds. The third-order valence-electron chi connectivity index (χ3n) is 4.56. The van der Waals surface area contributed by atoms with Crippen molar-refractivity contribution in [2.24, 2.45) is 0 Å². The Kier molecular flexibility index (Phi) is 6.11. The zero-order valence-electron chi connectivity index (χ0n) is 16.1. The fourth-order valence-electron chi connectivity index (χ4n) is 3.20. The summed E-state index contributed by atoms with van der Waals surface area (Å²) in [6.07, 6.45) is 0.719. The normalized spacial score (nSPS) is 16.9. The van der Waals surface area contributed by atoms with E-state index in [1.165, 1.54) is 24.3 Å². The van der Waals surface area contributed by atoms with Crippen molar-refractivity contribution >= 4 is 17.9 Å². The van der Waals surface area contributed by atoms with Crippen molar-refractivity contribution in [3.8, 4) is 0 Å². The van der Waals surface area contributed by atoms with Gasteiger partial charge in [0.05, 0.1) is 11.1 Å². The van der Waals surface area contributed by atoms with Gasteiger partial charge in [-0.25, -0.2) is 14.4 Å². The van der Waals surface area contributed by atoms with Crippen LogP contribution in [0.4, 0.5) is 8.78 Å². The van der Waals surface area contributed by atoms with Crippen molar-refractivity contribution in [3.63, 3.8) is 0 Å². The van der Waals surface area contributed by atoms with E-state index in [1.54, 1.807) is 20.8 Å². The monoisotopic (exact) mass is 398 g/mol. The van der Waals surface area contributed by atoms with Gasteiger partial charge in [-0.3, -0.25) is 0 Å². The zero-order chi connectivity index (χ0) is 21.2. The lowest BCUT2D eigenvalue weighted by atomic mass is 9.79. The summed E-state index contributed by atoms with van der Waals surface area (Å²) >= 11 is 0. The molecule has 1 saturated carbocycles. The second-order valence-corrected chi connectivity index (χ2v) is 7.87. The molecule has 0 radical (unpaired) electrons. The van der Waals surface area contributed by atoms with Crippen LogP contribution >= 0.6 is 0 Å². The highest BCUT2D eigenvalue weighted by Gasteiger charge is 2.62. The molecule has 1 N–H and O–H groups in total. The molecule has 0 aliphatic heterocycles. The van der Waals surface area contributed by atoms with E-state index in [2.05, 4.69) is 0 Å².